The minimum absolute atomic E-state index is 0.0205. The Bertz CT molecular complexity index is 261. The van der Waals surface area contributed by atoms with Crippen molar-refractivity contribution in [3.05, 3.63) is 11.1 Å². The van der Waals surface area contributed by atoms with Crippen molar-refractivity contribution in [2.24, 2.45) is 0 Å². The molecule has 3 nitrogen and oxygen atoms in total. The molecule has 0 N–H and O–H groups in total. The predicted octanol–water partition coefficient (Wildman–Crippen LogP) is 1.76. The topological polar surface area (TPSA) is 30.7 Å². The van der Waals surface area contributed by atoms with Crippen LogP contribution in [0.25, 0.3) is 0 Å². The average Bonchev–Trinajstić information content (AvgIpc) is 2.32. The van der Waals surface area contributed by atoms with Crippen LogP contribution >= 0.6 is 11.6 Å². The molecule has 0 spiro atoms. The van der Waals surface area contributed by atoms with Gasteiger partial charge in [0, 0.05) is 6.42 Å². The molecule has 0 aliphatic rings. The van der Waals surface area contributed by atoms with Crippen LogP contribution in [0.4, 0.5) is 8.78 Å². The van der Waals surface area contributed by atoms with Crippen LogP contribution in [0.3, 0.4) is 0 Å². The summed E-state index contributed by atoms with van der Waals surface area (Å²) in [6.07, 6.45) is -1.88. The second-order valence-electron chi connectivity index (χ2n) is 2.24. The van der Waals surface area contributed by atoms with Gasteiger partial charge in [-0.3, -0.25) is 4.57 Å². The van der Waals surface area contributed by atoms with Crippen molar-refractivity contribution >= 4 is 11.6 Å². The summed E-state index contributed by atoms with van der Waals surface area (Å²) < 4.78 is 25.1. The van der Waals surface area contributed by atoms with Crippen molar-refractivity contribution in [2.45, 2.75) is 26.3 Å². The molecule has 0 bridgehead atoms. The van der Waals surface area contributed by atoms with Gasteiger partial charge in [-0.25, -0.2) is 8.78 Å². The fourth-order valence-electron chi connectivity index (χ4n) is 0.894. The van der Waals surface area contributed by atoms with E-state index in [-0.39, 0.29) is 5.28 Å². The van der Waals surface area contributed by atoms with Crippen LogP contribution in [0.1, 0.15) is 12.7 Å². The number of hydrogen-bond acceptors (Lipinski definition) is 2. The third-order valence-corrected chi connectivity index (χ3v) is 1.70. The van der Waals surface area contributed by atoms with Crippen LogP contribution in [0, 0.1) is 0 Å². The Morgan fingerprint density at radius 1 is 1.50 bits per heavy atom. The molecule has 0 aliphatic heterocycles. The molecule has 0 aliphatic carbocycles. The highest BCUT2D eigenvalue weighted by molar-refractivity contribution is 6.28. The maximum atomic E-state index is 12.0. The van der Waals surface area contributed by atoms with Gasteiger partial charge in [-0.05, 0) is 11.6 Å². The van der Waals surface area contributed by atoms with Crippen molar-refractivity contribution in [1.29, 1.82) is 0 Å². The molecule has 68 valence electrons. The summed E-state index contributed by atoms with van der Waals surface area (Å²) in [7, 11) is 0. The number of rotatable bonds is 3. The van der Waals surface area contributed by atoms with Gasteiger partial charge < -0.3 is 0 Å². The molecule has 1 aromatic heterocycles. The molecule has 12 heavy (non-hydrogen) atoms. The van der Waals surface area contributed by atoms with Crippen LogP contribution in [0.5, 0.6) is 0 Å². The van der Waals surface area contributed by atoms with Gasteiger partial charge in [-0.2, -0.15) is 0 Å². The van der Waals surface area contributed by atoms with Gasteiger partial charge in [0.25, 0.3) is 6.43 Å². The molecule has 0 radical (unpaired) electrons. The van der Waals surface area contributed by atoms with E-state index in [1.807, 2.05) is 6.92 Å². The van der Waals surface area contributed by atoms with Crippen molar-refractivity contribution < 1.29 is 8.78 Å². The summed E-state index contributed by atoms with van der Waals surface area (Å²) >= 11 is 5.52. The Morgan fingerprint density at radius 3 is 2.67 bits per heavy atom. The molecule has 0 atom stereocenters. The van der Waals surface area contributed by atoms with E-state index < -0.39 is 13.0 Å². The summed E-state index contributed by atoms with van der Waals surface area (Å²) in [6, 6.07) is 0. The lowest BCUT2D eigenvalue weighted by Crippen LogP contribution is -2.09. The number of alkyl halides is 2. The number of hydrogen-bond donors (Lipinski definition) is 0. The lowest BCUT2D eigenvalue weighted by Gasteiger charge is -2.04. The van der Waals surface area contributed by atoms with Crippen LogP contribution in [-0.4, -0.2) is 21.2 Å². The number of halogens is 3. The Hall–Kier alpha value is -0.710. The van der Waals surface area contributed by atoms with E-state index in [2.05, 4.69) is 10.2 Å². The normalized spacial score (nSPS) is 11.1. The standard InChI is InChI=1S/C6H8ClF2N3/c1-2-5-10-11-6(7)12(5)3-4(8)9/h4H,2-3H2,1H3. The zero-order valence-electron chi connectivity index (χ0n) is 6.47. The zero-order valence-corrected chi connectivity index (χ0v) is 7.22. The molecule has 1 aromatic rings. The van der Waals surface area contributed by atoms with Crippen molar-refractivity contribution in [1.82, 2.24) is 14.8 Å². The van der Waals surface area contributed by atoms with E-state index in [0.717, 1.165) is 0 Å². The van der Waals surface area contributed by atoms with E-state index in [0.29, 0.717) is 12.2 Å². The molecule has 0 saturated carbocycles. The van der Waals surface area contributed by atoms with Gasteiger partial charge in [-0.1, -0.05) is 6.92 Å². The molecule has 1 rings (SSSR count). The molecule has 6 heteroatoms. The quantitative estimate of drug-likeness (QED) is 0.736. The van der Waals surface area contributed by atoms with E-state index in [4.69, 9.17) is 11.6 Å². The van der Waals surface area contributed by atoms with Gasteiger partial charge in [0.1, 0.15) is 5.82 Å². The Morgan fingerprint density at radius 2 is 2.17 bits per heavy atom. The van der Waals surface area contributed by atoms with Gasteiger partial charge in [0.15, 0.2) is 0 Å². The van der Waals surface area contributed by atoms with Gasteiger partial charge in [0.05, 0.1) is 6.54 Å². The monoisotopic (exact) mass is 195 g/mol. The average molecular weight is 196 g/mol. The number of aryl methyl sites for hydroxylation is 1. The lowest BCUT2D eigenvalue weighted by atomic mass is 10.4. The molecule has 0 amide bonds. The third kappa shape index (κ3) is 1.91. The van der Waals surface area contributed by atoms with Crippen molar-refractivity contribution in [2.75, 3.05) is 0 Å². The fraction of sp³-hybridized carbons (Fsp3) is 0.667. The van der Waals surface area contributed by atoms with E-state index >= 15 is 0 Å². The van der Waals surface area contributed by atoms with Crippen LogP contribution < -0.4 is 0 Å². The highest BCUT2D eigenvalue weighted by Gasteiger charge is 2.12. The summed E-state index contributed by atoms with van der Waals surface area (Å²) in [5.41, 5.74) is 0. The van der Waals surface area contributed by atoms with E-state index in [1.165, 1.54) is 4.57 Å². The van der Waals surface area contributed by atoms with Crippen molar-refractivity contribution in [3.8, 4) is 0 Å². The van der Waals surface area contributed by atoms with Crippen LogP contribution in [0.2, 0.25) is 5.28 Å². The number of aromatic nitrogens is 3. The Kier molecular flexibility index (Phi) is 2.97. The zero-order chi connectivity index (χ0) is 9.14. The highest BCUT2D eigenvalue weighted by atomic mass is 35.5. The lowest BCUT2D eigenvalue weighted by molar-refractivity contribution is 0.125. The number of nitrogens with zero attached hydrogens (tertiary/aromatic N) is 3. The van der Waals surface area contributed by atoms with Gasteiger partial charge in [-0.15, -0.1) is 10.2 Å². The maximum absolute atomic E-state index is 12.0. The highest BCUT2D eigenvalue weighted by Crippen LogP contribution is 2.11. The smallest absolute Gasteiger partial charge is 0.256 e. The summed E-state index contributed by atoms with van der Waals surface area (Å²) in [5, 5.41) is 7.14. The Labute approximate surface area is 73.4 Å². The van der Waals surface area contributed by atoms with Gasteiger partial charge in [0.2, 0.25) is 5.28 Å². The van der Waals surface area contributed by atoms with E-state index in [9.17, 15) is 8.78 Å². The minimum atomic E-state index is -2.43. The minimum Gasteiger partial charge on any atom is -0.296 e. The first-order valence-corrected chi connectivity index (χ1v) is 3.88. The van der Waals surface area contributed by atoms with Crippen LogP contribution in [0.15, 0.2) is 0 Å². The predicted molar refractivity (Wildman–Crippen MR) is 40.4 cm³/mol. The first kappa shape index (κ1) is 9.38. The third-order valence-electron chi connectivity index (χ3n) is 1.42. The first-order chi connectivity index (χ1) is 5.65. The SMILES string of the molecule is CCc1nnc(Cl)n1CC(F)F. The van der Waals surface area contributed by atoms with Gasteiger partial charge >= 0.3 is 0 Å². The van der Waals surface area contributed by atoms with Crippen LogP contribution in [-0.2, 0) is 13.0 Å². The fourth-order valence-corrected chi connectivity index (χ4v) is 1.10. The molecule has 0 saturated heterocycles. The largest absolute Gasteiger partial charge is 0.296 e. The second-order valence-corrected chi connectivity index (χ2v) is 2.58. The maximum Gasteiger partial charge on any atom is 0.256 e. The molecule has 1 heterocycles. The summed E-state index contributed by atoms with van der Waals surface area (Å²) in [6.45, 7) is 1.37. The first-order valence-electron chi connectivity index (χ1n) is 3.50. The molecule has 0 aromatic carbocycles. The molecular weight excluding hydrogens is 188 g/mol. The molecule has 0 unspecified atom stereocenters. The van der Waals surface area contributed by atoms with E-state index in [1.54, 1.807) is 0 Å². The van der Waals surface area contributed by atoms with Crippen molar-refractivity contribution in [3.63, 3.8) is 0 Å². The summed E-state index contributed by atoms with van der Waals surface area (Å²) in [4.78, 5) is 0. The molecular formula is C6H8ClF2N3. The second kappa shape index (κ2) is 3.80. The molecule has 0 fully saturated rings. The summed E-state index contributed by atoms with van der Waals surface area (Å²) in [5.74, 6) is 0.486. The Balaban J connectivity index is 2.86.